The van der Waals surface area contributed by atoms with Crippen LogP contribution in [0.4, 0.5) is 11.4 Å². The van der Waals surface area contributed by atoms with E-state index in [9.17, 15) is 9.59 Å². The Balaban J connectivity index is 0.866. The van der Waals surface area contributed by atoms with E-state index in [-0.39, 0.29) is 23.3 Å². The molecule has 4 N–H and O–H groups in total. The molecule has 0 unspecified atom stereocenters. The highest BCUT2D eigenvalue weighted by Gasteiger charge is 2.11. The summed E-state index contributed by atoms with van der Waals surface area (Å²) in [6, 6.07) is 32.3. The number of anilines is 2. The average molecular weight is 742 g/mol. The highest BCUT2D eigenvalue weighted by molar-refractivity contribution is 8.00. The molecule has 10 nitrogen and oxygen atoms in total. The molecule has 2 amide bonds. The van der Waals surface area contributed by atoms with Gasteiger partial charge in [0, 0.05) is 27.5 Å². The molecular weight excluding hydrogens is 715 g/mol. The van der Waals surface area contributed by atoms with E-state index in [0.717, 1.165) is 22.1 Å². The SMILES string of the molecule is O=C(CSc1nc2ccc(Cl)cc2[nH]1)Nc1ccc(Oc2cccc(Oc3ccc(NC(=O)CSc4nc5ccc(Cl)cc5[nH]4)cc3)c2)cc1. The molecule has 50 heavy (non-hydrogen) atoms. The molecule has 0 spiro atoms. The summed E-state index contributed by atoms with van der Waals surface area (Å²) in [5.41, 5.74) is 4.52. The van der Waals surface area contributed by atoms with E-state index >= 15 is 0 Å². The number of halogens is 2. The van der Waals surface area contributed by atoms with Crippen molar-refractivity contribution in [1.29, 1.82) is 0 Å². The minimum atomic E-state index is -0.160. The van der Waals surface area contributed by atoms with Gasteiger partial charge in [-0.15, -0.1) is 0 Å². The van der Waals surface area contributed by atoms with Gasteiger partial charge in [0.2, 0.25) is 11.8 Å². The second-order valence-corrected chi connectivity index (χ2v) is 13.6. The number of aromatic nitrogens is 4. The average Bonchev–Trinajstić information content (AvgIpc) is 3.71. The molecule has 0 aliphatic carbocycles. The van der Waals surface area contributed by atoms with Gasteiger partial charge in [-0.25, -0.2) is 9.97 Å². The molecule has 0 fully saturated rings. The number of thioether (sulfide) groups is 2. The first kappa shape index (κ1) is 33.4. The maximum atomic E-state index is 12.5. The van der Waals surface area contributed by atoms with E-state index in [2.05, 4.69) is 30.6 Å². The van der Waals surface area contributed by atoms with Gasteiger partial charge in [0.1, 0.15) is 23.0 Å². The van der Waals surface area contributed by atoms with Crippen LogP contribution in [0.5, 0.6) is 23.0 Å². The number of hydrogen-bond acceptors (Lipinski definition) is 8. The number of H-pyrrole nitrogens is 2. The number of carbonyl (C=O) groups excluding carboxylic acids is 2. The van der Waals surface area contributed by atoms with Crippen LogP contribution in [0.2, 0.25) is 10.0 Å². The molecule has 250 valence electrons. The molecule has 14 heteroatoms. The van der Waals surface area contributed by atoms with Crippen molar-refractivity contribution in [3.05, 3.63) is 119 Å². The molecule has 2 aromatic heterocycles. The summed E-state index contributed by atoms with van der Waals surface area (Å²) < 4.78 is 12.0. The zero-order valence-corrected chi connectivity index (χ0v) is 29.1. The van der Waals surface area contributed by atoms with E-state index in [1.807, 2.05) is 30.3 Å². The van der Waals surface area contributed by atoms with Crippen molar-refractivity contribution in [1.82, 2.24) is 19.9 Å². The maximum absolute atomic E-state index is 12.5. The first-order chi connectivity index (χ1) is 24.3. The first-order valence-corrected chi connectivity index (χ1v) is 17.9. The van der Waals surface area contributed by atoms with Gasteiger partial charge in [0.25, 0.3) is 0 Å². The van der Waals surface area contributed by atoms with Gasteiger partial charge in [-0.2, -0.15) is 0 Å². The van der Waals surface area contributed by atoms with E-state index in [1.54, 1.807) is 78.9 Å². The van der Waals surface area contributed by atoms with Crippen LogP contribution in [-0.2, 0) is 9.59 Å². The molecule has 0 radical (unpaired) electrons. The van der Waals surface area contributed by atoms with Crippen LogP contribution in [0.3, 0.4) is 0 Å². The van der Waals surface area contributed by atoms with Gasteiger partial charge in [0.05, 0.1) is 33.6 Å². The summed E-state index contributed by atoms with van der Waals surface area (Å²) in [6.45, 7) is 0. The number of carbonyl (C=O) groups is 2. The zero-order valence-electron chi connectivity index (χ0n) is 25.9. The van der Waals surface area contributed by atoms with Crippen molar-refractivity contribution >= 4 is 92.0 Å². The normalized spacial score (nSPS) is 11.1. The van der Waals surface area contributed by atoms with E-state index < -0.39 is 0 Å². The summed E-state index contributed by atoms with van der Waals surface area (Å²) in [5, 5.41) is 8.30. The predicted molar refractivity (Wildman–Crippen MR) is 200 cm³/mol. The fraction of sp³-hybridized carbons (Fsp3) is 0.0556. The summed E-state index contributed by atoms with van der Waals surface area (Å²) in [5.74, 6) is 2.41. The zero-order chi connectivity index (χ0) is 34.5. The summed E-state index contributed by atoms with van der Waals surface area (Å²) in [7, 11) is 0. The smallest absolute Gasteiger partial charge is 0.234 e. The van der Waals surface area contributed by atoms with Crippen LogP contribution in [0, 0.1) is 0 Å². The van der Waals surface area contributed by atoms with Crippen molar-refractivity contribution < 1.29 is 19.1 Å². The molecule has 0 aliphatic heterocycles. The first-order valence-electron chi connectivity index (χ1n) is 15.1. The molecular formula is C36H26Cl2N6O4S2. The van der Waals surface area contributed by atoms with Crippen molar-refractivity contribution in [3.8, 4) is 23.0 Å². The largest absolute Gasteiger partial charge is 0.457 e. The van der Waals surface area contributed by atoms with Gasteiger partial charge >= 0.3 is 0 Å². The fourth-order valence-electron chi connectivity index (χ4n) is 4.80. The van der Waals surface area contributed by atoms with Crippen molar-refractivity contribution in [3.63, 3.8) is 0 Å². The third-order valence-electron chi connectivity index (χ3n) is 7.08. The van der Waals surface area contributed by atoms with Gasteiger partial charge in [-0.1, -0.05) is 52.8 Å². The van der Waals surface area contributed by atoms with Crippen molar-refractivity contribution in [2.45, 2.75) is 10.3 Å². The Morgan fingerprint density at radius 3 is 1.46 bits per heavy atom. The number of rotatable bonds is 12. The van der Waals surface area contributed by atoms with Crippen LogP contribution in [-0.4, -0.2) is 43.3 Å². The summed E-state index contributed by atoms with van der Waals surface area (Å²) >= 11 is 14.7. The Hall–Kier alpha value is -5.14. The topological polar surface area (TPSA) is 134 Å². The highest BCUT2D eigenvalue weighted by atomic mass is 35.5. The number of hydrogen-bond donors (Lipinski definition) is 4. The lowest BCUT2D eigenvalue weighted by molar-refractivity contribution is -0.114. The Labute approximate surface area is 304 Å². The molecule has 5 aromatic carbocycles. The fourth-order valence-corrected chi connectivity index (χ4v) is 6.52. The lowest BCUT2D eigenvalue weighted by Crippen LogP contribution is -2.14. The minimum Gasteiger partial charge on any atom is -0.457 e. The number of benzene rings is 5. The quantitative estimate of drug-likeness (QED) is 0.0910. The van der Waals surface area contributed by atoms with E-state index in [1.165, 1.54) is 23.5 Å². The Kier molecular flexibility index (Phi) is 10.1. The molecule has 7 aromatic rings. The Morgan fingerprint density at radius 2 is 1.02 bits per heavy atom. The number of nitrogens with one attached hydrogen (secondary N) is 4. The second-order valence-electron chi connectivity index (χ2n) is 10.8. The minimum absolute atomic E-state index is 0.160. The predicted octanol–water partition coefficient (Wildman–Crippen LogP) is 9.79. The molecule has 2 heterocycles. The molecule has 0 bridgehead atoms. The number of fused-ring (bicyclic) bond motifs is 2. The van der Waals surface area contributed by atoms with Crippen molar-refractivity contribution in [2.24, 2.45) is 0 Å². The monoisotopic (exact) mass is 740 g/mol. The van der Waals surface area contributed by atoms with Crippen molar-refractivity contribution in [2.75, 3.05) is 22.1 Å². The van der Waals surface area contributed by atoms with Gasteiger partial charge in [0.15, 0.2) is 10.3 Å². The van der Waals surface area contributed by atoms with Crippen LogP contribution >= 0.6 is 46.7 Å². The van der Waals surface area contributed by atoms with Crippen LogP contribution in [0.15, 0.2) is 120 Å². The summed E-state index contributed by atoms with van der Waals surface area (Å²) in [6.07, 6.45) is 0. The summed E-state index contributed by atoms with van der Waals surface area (Å²) in [4.78, 5) is 40.3. The highest BCUT2D eigenvalue weighted by Crippen LogP contribution is 2.30. The standard InChI is InChI=1S/C36H26Cl2N6O4S2/c37-21-4-14-29-31(16-21)43-35(41-29)49-19-33(45)39-23-6-10-25(11-7-23)47-27-2-1-3-28(18-27)48-26-12-8-24(9-13-26)40-34(46)20-50-36-42-30-15-5-22(38)17-32(30)44-36/h1-18H,19-20H2,(H,39,45)(H,40,46)(H,41,43)(H,42,44). The van der Waals surface area contributed by atoms with Crippen LogP contribution < -0.4 is 20.1 Å². The van der Waals surface area contributed by atoms with Gasteiger partial charge in [-0.05, 0) is 97.1 Å². The van der Waals surface area contributed by atoms with Gasteiger partial charge < -0.3 is 30.1 Å². The lowest BCUT2D eigenvalue weighted by Gasteiger charge is -2.11. The molecule has 0 atom stereocenters. The number of ether oxygens (including phenoxy) is 2. The Bertz CT molecular complexity index is 2150. The Morgan fingerprint density at radius 1 is 0.580 bits per heavy atom. The number of aromatic amines is 2. The number of imidazole rings is 2. The van der Waals surface area contributed by atoms with Gasteiger partial charge in [-0.3, -0.25) is 9.59 Å². The number of nitrogens with zero attached hydrogens (tertiary/aromatic N) is 2. The molecule has 0 saturated carbocycles. The third-order valence-corrected chi connectivity index (χ3v) is 9.29. The van der Waals surface area contributed by atoms with E-state index in [0.29, 0.717) is 54.7 Å². The maximum Gasteiger partial charge on any atom is 0.234 e. The van der Waals surface area contributed by atoms with Crippen LogP contribution in [0.25, 0.3) is 22.1 Å². The number of amides is 2. The molecule has 7 rings (SSSR count). The molecule has 0 saturated heterocycles. The lowest BCUT2D eigenvalue weighted by atomic mass is 10.2. The van der Waals surface area contributed by atoms with E-state index in [4.69, 9.17) is 32.7 Å². The molecule has 0 aliphatic rings. The third kappa shape index (κ3) is 8.71. The second kappa shape index (κ2) is 15.2. The van der Waals surface area contributed by atoms with Crippen LogP contribution in [0.1, 0.15) is 0 Å².